The Labute approximate surface area is 80.3 Å². The van der Waals surface area contributed by atoms with Crippen LogP contribution in [0.3, 0.4) is 0 Å². The molecule has 0 radical (unpaired) electrons. The summed E-state index contributed by atoms with van der Waals surface area (Å²) in [6, 6.07) is 0. The lowest BCUT2D eigenvalue weighted by molar-refractivity contribution is -0.134. The van der Waals surface area contributed by atoms with Crippen LogP contribution in [0.2, 0.25) is 0 Å². The van der Waals surface area contributed by atoms with Crippen molar-refractivity contribution in [3.63, 3.8) is 0 Å². The quantitative estimate of drug-likeness (QED) is 0.379. The van der Waals surface area contributed by atoms with Gasteiger partial charge in [0.15, 0.2) is 0 Å². The van der Waals surface area contributed by atoms with Crippen LogP contribution in [-0.2, 0) is 9.53 Å². The molecule has 2 nitrogen and oxygen atoms in total. The molecule has 0 aromatic heterocycles. The first-order valence-corrected chi connectivity index (χ1v) is 4.51. The third-order valence-electron chi connectivity index (χ3n) is 2.14. The van der Waals surface area contributed by atoms with Crippen molar-refractivity contribution >= 4 is 5.97 Å². The number of carbonyl (C=O) groups excluding carboxylic acids is 1. The number of ether oxygens (including phenoxy) is 1. The van der Waals surface area contributed by atoms with E-state index < -0.39 is 0 Å². The van der Waals surface area contributed by atoms with Crippen LogP contribution in [0.1, 0.15) is 33.6 Å². The van der Waals surface area contributed by atoms with Crippen molar-refractivity contribution in [1.29, 1.82) is 0 Å². The van der Waals surface area contributed by atoms with Crippen LogP contribution in [0.5, 0.6) is 0 Å². The van der Waals surface area contributed by atoms with Gasteiger partial charge in [0.05, 0.1) is 7.11 Å². The molecule has 0 N–H and O–H groups in total. The van der Waals surface area contributed by atoms with Crippen molar-refractivity contribution in [2.75, 3.05) is 7.11 Å². The summed E-state index contributed by atoms with van der Waals surface area (Å²) in [7, 11) is 1.38. The first kappa shape index (κ1) is 11.9. The number of methoxy groups -OCH3 is 1. The van der Waals surface area contributed by atoms with Crippen molar-refractivity contribution in [2.24, 2.45) is 0 Å². The molecule has 0 aliphatic rings. The maximum absolute atomic E-state index is 10.7. The SMILES string of the molecule is CC/C(C)=C(/C)C/C=C/C(=O)OC. The minimum absolute atomic E-state index is 0.290. The molecule has 13 heavy (non-hydrogen) atoms. The Kier molecular flexibility index (Phi) is 5.94. The van der Waals surface area contributed by atoms with Crippen LogP contribution in [0.25, 0.3) is 0 Å². The van der Waals surface area contributed by atoms with Gasteiger partial charge in [-0.05, 0) is 26.7 Å². The van der Waals surface area contributed by atoms with E-state index in [9.17, 15) is 4.79 Å². The molecule has 0 aliphatic carbocycles. The third-order valence-corrected chi connectivity index (χ3v) is 2.14. The summed E-state index contributed by atoms with van der Waals surface area (Å²) in [5.74, 6) is -0.290. The van der Waals surface area contributed by atoms with Gasteiger partial charge in [-0.1, -0.05) is 24.1 Å². The van der Waals surface area contributed by atoms with Gasteiger partial charge in [0.1, 0.15) is 0 Å². The highest BCUT2D eigenvalue weighted by atomic mass is 16.5. The Morgan fingerprint density at radius 1 is 1.31 bits per heavy atom. The number of rotatable bonds is 4. The molecule has 0 bridgehead atoms. The minimum Gasteiger partial charge on any atom is -0.466 e. The molecule has 0 rings (SSSR count). The molecular formula is C11H18O2. The number of hydrogen-bond acceptors (Lipinski definition) is 2. The lowest BCUT2D eigenvalue weighted by Crippen LogP contribution is -1.93. The van der Waals surface area contributed by atoms with E-state index in [0.717, 1.165) is 12.8 Å². The summed E-state index contributed by atoms with van der Waals surface area (Å²) in [6.07, 6.45) is 5.19. The van der Waals surface area contributed by atoms with E-state index in [1.54, 1.807) is 0 Å². The van der Waals surface area contributed by atoms with Crippen molar-refractivity contribution in [3.8, 4) is 0 Å². The Balaban J connectivity index is 4.03. The van der Waals surface area contributed by atoms with E-state index in [1.165, 1.54) is 24.3 Å². The maximum atomic E-state index is 10.7. The summed E-state index contributed by atoms with van der Waals surface area (Å²) in [5, 5.41) is 0. The molecule has 0 atom stereocenters. The normalized spacial score (nSPS) is 12.9. The van der Waals surface area contributed by atoms with Crippen LogP contribution in [-0.4, -0.2) is 13.1 Å². The third kappa shape index (κ3) is 5.23. The van der Waals surface area contributed by atoms with E-state index in [2.05, 4.69) is 25.5 Å². The van der Waals surface area contributed by atoms with E-state index in [1.807, 2.05) is 6.08 Å². The molecule has 0 saturated heterocycles. The first-order chi connectivity index (χ1) is 6.11. The summed E-state index contributed by atoms with van der Waals surface area (Å²) in [5.41, 5.74) is 2.71. The highest BCUT2D eigenvalue weighted by Crippen LogP contribution is 2.11. The van der Waals surface area contributed by atoms with Gasteiger partial charge in [-0.15, -0.1) is 0 Å². The fourth-order valence-electron chi connectivity index (χ4n) is 0.876. The smallest absolute Gasteiger partial charge is 0.330 e. The summed E-state index contributed by atoms with van der Waals surface area (Å²) in [4.78, 5) is 10.7. The van der Waals surface area contributed by atoms with Gasteiger partial charge >= 0.3 is 5.97 Å². The average molecular weight is 182 g/mol. The highest BCUT2D eigenvalue weighted by Gasteiger charge is 1.93. The Morgan fingerprint density at radius 3 is 2.38 bits per heavy atom. The molecule has 0 amide bonds. The zero-order valence-corrected chi connectivity index (χ0v) is 8.89. The Bertz CT molecular complexity index is 224. The van der Waals surface area contributed by atoms with Crippen molar-refractivity contribution in [1.82, 2.24) is 0 Å². The summed E-state index contributed by atoms with van der Waals surface area (Å²) >= 11 is 0. The highest BCUT2D eigenvalue weighted by molar-refractivity contribution is 5.81. The zero-order chi connectivity index (χ0) is 10.3. The largest absolute Gasteiger partial charge is 0.466 e. The van der Waals surface area contributed by atoms with Gasteiger partial charge in [-0.3, -0.25) is 0 Å². The number of hydrogen-bond donors (Lipinski definition) is 0. The van der Waals surface area contributed by atoms with Crippen molar-refractivity contribution in [3.05, 3.63) is 23.3 Å². The molecule has 0 aromatic rings. The molecule has 0 spiro atoms. The number of esters is 1. The minimum atomic E-state index is -0.290. The molecule has 0 unspecified atom stereocenters. The second kappa shape index (κ2) is 6.46. The maximum Gasteiger partial charge on any atom is 0.330 e. The standard InChI is InChI=1S/C11H18O2/c1-5-9(2)10(3)7-6-8-11(12)13-4/h6,8H,5,7H2,1-4H3/b8-6+,10-9-. The topological polar surface area (TPSA) is 26.3 Å². The average Bonchev–Trinajstić information content (AvgIpc) is 2.15. The van der Waals surface area contributed by atoms with Crippen LogP contribution in [0, 0.1) is 0 Å². The second-order valence-corrected chi connectivity index (χ2v) is 3.04. The van der Waals surface area contributed by atoms with E-state index in [-0.39, 0.29) is 5.97 Å². The molecule has 0 saturated carbocycles. The van der Waals surface area contributed by atoms with E-state index >= 15 is 0 Å². The summed E-state index contributed by atoms with van der Waals surface area (Å²) < 4.78 is 4.48. The van der Waals surface area contributed by atoms with E-state index in [0.29, 0.717) is 0 Å². The van der Waals surface area contributed by atoms with Gasteiger partial charge in [0, 0.05) is 6.08 Å². The van der Waals surface area contributed by atoms with Crippen LogP contribution in [0.15, 0.2) is 23.3 Å². The Hall–Kier alpha value is -1.05. The number of carbonyl (C=O) groups is 1. The van der Waals surface area contributed by atoms with Crippen LogP contribution >= 0.6 is 0 Å². The first-order valence-electron chi connectivity index (χ1n) is 4.51. The predicted octanol–water partition coefficient (Wildman–Crippen LogP) is 2.85. The van der Waals surface area contributed by atoms with Crippen LogP contribution < -0.4 is 0 Å². The molecule has 2 heteroatoms. The molecule has 0 heterocycles. The van der Waals surface area contributed by atoms with Gasteiger partial charge < -0.3 is 4.74 Å². The number of allylic oxidation sites excluding steroid dienone is 3. The molecule has 74 valence electrons. The zero-order valence-electron chi connectivity index (χ0n) is 8.89. The predicted molar refractivity (Wildman–Crippen MR) is 54.4 cm³/mol. The van der Waals surface area contributed by atoms with Crippen molar-refractivity contribution in [2.45, 2.75) is 33.6 Å². The second-order valence-electron chi connectivity index (χ2n) is 3.04. The fraction of sp³-hybridized carbons (Fsp3) is 0.545. The molecule has 0 fully saturated rings. The fourth-order valence-corrected chi connectivity index (χ4v) is 0.876. The van der Waals surface area contributed by atoms with Gasteiger partial charge in [-0.25, -0.2) is 4.79 Å². The van der Waals surface area contributed by atoms with E-state index in [4.69, 9.17) is 0 Å². The Morgan fingerprint density at radius 2 is 1.92 bits per heavy atom. The monoisotopic (exact) mass is 182 g/mol. The molecule has 0 aliphatic heterocycles. The van der Waals surface area contributed by atoms with Gasteiger partial charge in [0.2, 0.25) is 0 Å². The molecule has 0 aromatic carbocycles. The van der Waals surface area contributed by atoms with Crippen LogP contribution in [0.4, 0.5) is 0 Å². The van der Waals surface area contributed by atoms with Crippen molar-refractivity contribution < 1.29 is 9.53 Å². The van der Waals surface area contributed by atoms with Gasteiger partial charge in [-0.2, -0.15) is 0 Å². The molecular weight excluding hydrogens is 164 g/mol. The lowest BCUT2D eigenvalue weighted by Gasteiger charge is -2.01. The summed E-state index contributed by atoms with van der Waals surface area (Å²) in [6.45, 7) is 6.32. The lowest BCUT2D eigenvalue weighted by atomic mass is 10.1. The van der Waals surface area contributed by atoms with Gasteiger partial charge in [0.25, 0.3) is 0 Å².